The highest BCUT2D eigenvalue weighted by molar-refractivity contribution is 5.86. The molecule has 4 heteroatoms. The Balaban J connectivity index is 1.58. The molecule has 1 unspecified atom stereocenters. The number of nitrogens with zero attached hydrogens (tertiary/aromatic N) is 3. The average molecular weight is 416 g/mol. The number of hydrogen-bond donors (Lipinski definition) is 0. The molecule has 1 atom stereocenters. The summed E-state index contributed by atoms with van der Waals surface area (Å²) in [5, 5.41) is 0. The van der Waals surface area contributed by atoms with Crippen molar-refractivity contribution in [2.45, 2.75) is 76.8 Å². The lowest BCUT2D eigenvalue weighted by molar-refractivity contribution is 0.112. The zero-order valence-electron chi connectivity index (χ0n) is 18.8. The van der Waals surface area contributed by atoms with Gasteiger partial charge in [-0.3, -0.25) is 4.79 Å². The number of aromatic nitrogens is 2. The van der Waals surface area contributed by atoms with Gasteiger partial charge in [0.25, 0.3) is 0 Å². The number of rotatable bonds is 5. The van der Waals surface area contributed by atoms with Crippen LogP contribution < -0.4 is 4.90 Å². The first-order chi connectivity index (χ1) is 15.2. The van der Waals surface area contributed by atoms with E-state index in [1.54, 1.807) is 0 Å². The van der Waals surface area contributed by atoms with Crippen molar-refractivity contribution in [2.75, 3.05) is 11.9 Å². The monoisotopic (exact) mass is 415 g/mol. The summed E-state index contributed by atoms with van der Waals surface area (Å²) in [5.41, 5.74) is 7.21. The quantitative estimate of drug-likeness (QED) is 0.486. The number of hydrogen-bond acceptors (Lipinski definition) is 3. The predicted octanol–water partition coefficient (Wildman–Crippen LogP) is 5.91. The van der Waals surface area contributed by atoms with Crippen LogP contribution in [-0.4, -0.2) is 28.9 Å². The molecular formula is C27H33N3O. The number of anilines is 1. The van der Waals surface area contributed by atoms with Crippen molar-refractivity contribution in [1.82, 2.24) is 9.55 Å². The summed E-state index contributed by atoms with van der Waals surface area (Å²) in [6, 6.07) is 13.7. The summed E-state index contributed by atoms with van der Waals surface area (Å²) in [5.74, 6) is 1.19. The Bertz CT molecular complexity index is 1090. The van der Waals surface area contributed by atoms with Crippen molar-refractivity contribution in [3.63, 3.8) is 0 Å². The molecule has 31 heavy (non-hydrogen) atoms. The second-order valence-electron chi connectivity index (χ2n) is 9.44. The number of aldehydes is 1. The molecule has 0 radical (unpaired) electrons. The first-order valence-electron chi connectivity index (χ1n) is 12.0. The molecule has 0 N–H and O–H groups in total. The van der Waals surface area contributed by atoms with Gasteiger partial charge in [-0.2, -0.15) is 0 Å². The fraction of sp³-hybridized carbons (Fsp3) is 0.481. The molecule has 2 aliphatic rings. The van der Waals surface area contributed by atoms with Crippen molar-refractivity contribution < 1.29 is 4.79 Å². The Hall–Kier alpha value is -2.62. The van der Waals surface area contributed by atoms with Gasteiger partial charge in [0.2, 0.25) is 0 Å². The summed E-state index contributed by atoms with van der Waals surface area (Å²) in [4.78, 5) is 19.2. The molecule has 1 aliphatic carbocycles. The van der Waals surface area contributed by atoms with E-state index in [4.69, 9.17) is 4.98 Å². The number of imidazole rings is 1. The average Bonchev–Trinajstić information content (AvgIpc) is 3.19. The highest BCUT2D eigenvalue weighted by Crippen LogP contribution is 2.38. The summed E-state index contributed by atoms with van der Waals surface area (Å²) >= 11 is 0. The number of fused-ring (bicyclic) bond motifs is 3. The maximum Gasteiger partial charge on any atom is 0.150 e. The van der Waals surface area contributed by atoms with E-state index in [1.807, 2.05) is 18.2 Å². The molecule has 1 aliphatic heterocycles. The molecule has 0 bridgehead atoms. The van der Waals surface area contributed by atoms with Crippen LogP contribution in [0.3, 0.4) is 0 Å². The van der Waals surface area contributed by atoms with Crippen LogP contribution in [0.25, 0.3) is 11.0 Å². The normalized spacial score (nSPS) is 19.5. The third kappa shape index (κ3) is 3.66. The van der Waals surface area contributed by atoms with Gasteiger partial charge in [0.15, 0.2) is 0 Å². The number of carbonyl (C=O) groups is 1. The Morgan fingerprint density at radius 1 is 1.03 bits per heavy atom. The number of aryl methyl sites for hydroxylation is 3. The predicted molar refractivity (Wildman–Crippen MR) is 127 cm³/mol. The van der Waals surface area contributed by atoms with Crippen LogP contribution in [0.5, 0.6) is 0 Å². The second-order valence-corrected chi connectivity index (χ2v) is 9.44. The lowest BCUT2D eigenvalue weighted by Crippen LogP contribution is -2.33. The number of carbonyl (C=O) groups excluding carboxylic acids is 1. The maximum atomic E-state index is 11.5. The van der Waals surface area contributed by atoms with Crippen molar-refractivity contribution in [3.8, 4) is 0 Å². The van der Waals surface area contributed by atoms with Gasteiger partial charge in [-0.25, -0.2) is 4.98 Å². The molecule has 0 amide bonds. The second kappa shape index (κ2) is 8.49. The Labute approximate surface area is 185 Å². The molecule has 1 aromatic heterocycles. The van der Waals surface area contributed by atoms with Crippen LogP contribution in [0, 0.1) is 0 Å². The zero-order chi connectivity index (χ0) is 21.4. The van der Waals surface area contributed by atoms with Gasteiger partial charge in [0.05, 0.1) is 11.0 Å². The minimum absolute atomic E-state index is 0.549. The topological polar surface area (TPSA) is 38.1 Å². The van der Waals surface area contributed by atoms with E-state index in [1.165, 1.54) is 66.6 Å². The first kappa shape index (κ1) is 20.3. The van der Waals surface area contributed by atoms with Crippen LogP contribution in [0.2, 0.25) is 0 Å². The van der Waals surface area contributed by atoms with E-state index < -0.39 is 0 Å². The van der Waals surface area contributed by atoms with Crippen LogP contribution >= 0.6 is 0 Å². The highest BCUT2D eigenvalue weighted by Gasteiger charge is 2.27. The zero-order valence-corrected chi connectivity index (χ0v) is 18.8. The standard InChI is InChI=1S/C27H33N3O/c1-19-12-14-23-24(29(19)2)15-16-25-27(23)28-26(30(25)22-10-4-3-5-11-22)17-13-20-8-6-7-9-21(20)18-31/h6-9,15-16,18-19,22H,3-5,10-14,17H2,1-2H3. The Morgan fingerprint density at radius 3 is 2.65 bits per heavy atom. The van der Waals surface area contributed by atoms with Crippen LogP contribution in [-0.2, 0) is 19.3 Å². The smallest absolute Gasteiger partial charge is 0.150 e. The molecule has 162 valence electrons. The first-order valence-corrected chi connectivity index (χ1v) is 12.0. The van der Waals surface area contributed by atoms with Gasteiger partial charge in [-0.15, -0.1) is 0 Å². The van der Waals surface area contributed by atoms with E-state index >= 15 is 0 Å². The van der Waals surface area contributed by atoms with Crippen molar-refractivity contribution in [2.24, 2.45) is 0 Å². The van der Waals surface area contributed by atoms with Crippen molar-refractivity contribution in [3.05, 3.63) is 58.9 Å². The lowest BCUT2D eigenvalue weighted by Gasteiger charge is -2.34. The molecule has 2 heterocycles. The van der Waals surface area contributed by atoms with Gasteiger partial charge in [-0.1, -0.05) is 43.5 Å². The minimum atomic E-state index is 0.549. The molecule has 4 nitrogen and oxygen atoms in total. The molecular weight excluding hydrogens is 382 g/mol. The highest BCUT2D eigenvalue weighted by atomic mass is 16.1. The summed E-state index contributed by atoms with van der Waals surface area (Å²) in [7, 11) is 2.21. The molecule has 2 aromatic carbocycles. The third-order valence-electron chi connectivity index (χ3n) is 7.61. The van der Waals surface area contributed by atoms with E-state index in [9.17, 15) is 4.79 Å². The van der Waals surface area contributed by atoms with Crippen molar-refractivity contribution >= 4 is 23.0 Å². The fourth-order valence-corrected chi connectivity index (χ4v) is 5.66. The van der Waals surface area contributed by atoms with Gasteiger partial charge < -0.3 is 9.47 Å². The molecule has 1 fully saturated rings. The molecule has 1 saturated carbocycles. The third-order valence-corrected chi connectivity index (χ3v) is 7.61. The minimum Gasteiger partial charge on any atom is -0.372 e. The molecule has 0 spiro atoms. The van der Waals surface area contributed by atoms with Crippen LogP contribution in [0.4, 0.5) is 5.69 Å². The van der Waals surface area contributed by atoms with Crippen LogP contribution in [0.1, 0.15) is 78.8 Å². The van der Waals surface area contributed by atoms with Gasteiger partial charge in [0.1, 0.15) is 12.1 Å². The Morgan fingerprint density at radius 2 is 1.84 bits per heavy atom. The molecule has 0 saturated heterocycles. The van der Waals surface area contributed by atoms with E-state index in [0.29, 0.717) is 12.1 Å². The van der Waals surface area contributed by atoms with Gasteiger partial charge >= 0.3 is 0 Å². The van der Waals surface area contributed by atoms with E-state index in [-0.39, 0.29) is 0 Å². The SMILES string of the molecule is CC1CCc2c(ccc3c2nc(CCc2ccccc2C=O)n3C2CCCCC2)N1C. The lowest BCUT2D eigenvalue weighted by atomic mass is 9.94. The van der Waals surface area contributed by atoms with Gasteiger partial charge in [-0.05, 0) is 56.7 Å². The number of benzene rings is 2. The molecule has 5 rings (SSSR count). The summed E-state index contributed by atoms with van der Waals surface area (Å²) < 4.78 is 2.57. The molecule has 3 aromatic rings. The maximum absolute atomic E-state index is 11.5. The summed E-state index contributed by atoms with van der Waals surface area (Å²) in [6.07, 6.45) is 11.5. The van der Waals surface area contributed by atoms with Gasteiger partial charge in [0, 0.05) is 42.4 Å². The van der Waals surface area contributed by atoms with E-state index in [0.717, 1.165) is 36.7 Å². The van der Waals surface area contributed by atoms with E-state index in [2.05, 4.69) is 41.6 Å². The largest absolute Gasteiger partial charge is 0.372 e. The Kier molecular flexibility index (Phi) is 5.56. The summed E-state index contributed by atoms with van der Waals surface area (Å²) in [6.45, 7) is 2.31. The van der Waals surface area contributed by atoms with Crippen molar-refractivity contribution in [1.29, 1.82) is 0 Å². The fourth-order valence-electron chi connectivity index (χ4n) is 5.66. The van der Waals surface area contributed by atoms with Crippen LogP contribution in [0.15, 0.2) is 36.4 Å².